The first-order valence-corrected chi connectivity index (χ1v) is 24.6. The highest BCUT2D eigenvalue weighted by Crippen LogP contribution is 2.63. The zero-order valence-electron chi connectivity index (χ0n) is 37.2. The van der Waals surface area contributed by atoms with Crippen molar-refractivity contribution >= 4 is 70.9 Å². The van der Waals surface area contributed by atoms with Crippen LogP contribution in [-0.2, 0) is 5.41 Å². The molecule has 1 spiro atoms. The lowest BCUT2D eigenvalue weighted by Crippen LogP contribution is -2.32. The van der Waals surface area contributed by atoms with Crippen LogP contribution in [0.3, 0.4) is 0 Å². The van der Waals surface area contributed by atoms with Gasteiger partial charge >= 0.3 is 0 Å². The smallest absolute Gasteiger partial charge is 0.132 e. The summed E-state index contributed by atoms with van der Waals surface area (Å²) in [5, 5.41) is 5.59. The lowest BCUT2D eigenvalue weighted by Gasteiger charge is -2.40. The van der Waals surface area contributed by atoms with E-state index in [0.29, 0.717) is 0 Å². The Balaban J connectivity index is 1.04. The molecule has 0 fully saturated rings. The predicted molar refractivity (Wildman–Crippen MR) is 290 cm³/mol. The average Bonchev–Trinajstić information content (AvgIpc) is 3.93. The summed E-state index contributed by atoms with van der Waals surface area (Å²) >= 11 is 8.31. The molecule has 0 saturated heterocycles. The Morgan fingerprint density at radius 1 is 0.362 bits per heavy atom. The summed E-state index contributed by atoms with van der Waals surface area (Å²) in [5.41, 5.74) is 16.7. The highest BCUT2D eigenvalue weighted by Gasteiger charge is 2.51. The Bertz CT molecular complexity index is 4010. The minimum atomic E-state index is -0.692. The highest BCUT2D eigenvalue weighted by molar-refractivity contribution is 7.26. The zero-order chi connectivity index (χ0) is 45.6. The predicted octanol–water partition coefficient (Wildman–Crippen LogP) is 18.8. The summed E-state index contributed by atoms with van der Waals surface area (Å²) in [7, 11) is 0. The molecular weight excluding hydrogens is 878 g/mol. The molecule has 69 heavy (non-hydrogen) atoms. The standard InChI is InChI=1S/C65H40ClNOS/c66-48-30-26-44(27-31-48)47-29-34-53-52-16-6-8-18-57(52)65(59(53)37-47)58-19-9-10-20-61(58)68-62-35-33-50(40-60(62)65)67(49-32-28-42-14-4-5-15-46(42)36-49)51-38-55(64-56(39-51)54-17-7-11-21-63(54)69-64)45-24-22-43(23-25-45)41-12-2-1-3-13-41/h1-40H. The number of nitrogens with zero attached hydrogens (tertiary/aromatic N) is 1. The van der Waals surface area contributed by atoms with Crippen LogP contribution < -0.4 is 9.64 Å². The van der Waals surface area contributed by atoms with Crippen LogP contribution in [0.15, 0.2) is 243 Å². The first-order valence-electron chi connectivity index (χ1n) is 23.4. The van der Waals surface area contributed by atoms with Gasteiger partial charge in [0, 0.05) is 58.9 Å². The number of ether oxygens (including phenoxy) is 1. The van der Waals surface area contributed by atoms with Gasteiger partial charge in [-0.2, -0.15) is 0 Å². The van der Waals surface area contributed by atoms with Crippen LogP contribution in [0.4, 0.5) is 17.1 Å². The van der Waals surface area contributed by atoms with E-state index in [9.17, 15) is 0 Å². The summed E-state index contributed by atoms with van der Waals surface area (Å²) in [5.74, 6) is 1.70. The molecule has 2 heterocycles. The molecule has 4 heteroatoms. The number of hydrogen-bond donors (Lipinski definition) is 0. The minimum Gasteiger partial charge on any atom is -0.457 e. The molecule has 0 saturated carbocycles. The lowest BCUT2D eigenvalue weighted by atomic mass is 9.65. The van der Waals surface area contributed by atoms with Gasteiger partial charge in [-0.25, -0.2) is 0 Å². The fourth-order valence-electron chi connectivity index (χ4n) is 11.2. The topological polar surface area (TPSA) is 12.5 Å². The number of hydrogen-bond acceptors (Lipinski definition) is 3. The van der Waals surface area contributed by atoms with Crippen LogP contribution in [0.25, 0.3) is 75.5 Å². The van der Waals surface area contributed by atoms with Gasteiger partial charge in [-0.05, 0) is 134 Å². The van der Waals surface area contributed by atoms with E-state index >= 15 is 0 Å². The molecule has 0 N–H and O–H groups in total. The van der Waals surface area contributed by atoms with Gasteiger partial charge in [0.25, 0.3) is 0 Å². The molecule has 1 atom stereocenters. The van der Waals surface area contributed by atoms with Gasteiger partial charge in [-0.15, -0.1) is 11.3 Å². The van der Waals surface area contributed by atoms with Crippen LogP contribution in [-0.4, -0.2) is 0 Å². The summed E-state index contributed by atoms with van der Waals surface area (Å²) in [4.78, 5) is 2.46. The zero-order valence-corrected chi connectivity index (χ0v) is 38.8. The maximum absolute atomic E-state index is 7.01. The molecule has 1 aromatic heterocycles. The van der Waals surface area contributed by atoms with E-state index in [-0.39, 0.29) is 0 Å². The van der Waals surface area contributed by atoms with E-state index in [4.69, 9.17) is 16.3 Å². The van der Waals surface area contributed by atoms with E-state index in [1.165, 1.54) is 75.5 Å². The molecule has 324 valence electrons. The average molecular weight is 919 g/mol. The van der Waals surface area contributed by atoms with Crippen molar-refractivity contribution in [3.63, 3.8) is 0 Å². The van der Waals surface area contributed by atoms with Crippen molar-refractivity contribution in [2.75, 3.05) is 4.90 Å². The Morgan fingerprint density at radius 3 is 1.86 bits per heavy atom. The molecule has 14 rings (SSSR count). The molecule has 1 unspecified atom stereocenters. The molecule has 12 aromatic rings. The van der Waals surface area contributed by atoms with E-state index in [1.807, 2.05) is 23.5 Å². The van der Waals surface area contributed by atoms with E-state index in [1.54, 1.807) is 0 Å². The maximum Gasteiger partial charge on any atom is 0.132 e. The molecular formula is C65H40ClNOS. The molecule has 0 radical (unpaired) electrons. The Labute approximate surface area is 409 Å². The number of fused-ring (bicyclic) bond motifs is 13. The fraction of sp³-hybridized carbons (Fsp3) is 0.0154. The van der Waals surface area contributed by atoms with Crippen molar-refractivity contribution in [1.29, 1.82) is 0 Å². The second kappa shape index (κ2) is 15.7. The highest BCUT2D eigenvalue weighted by atomic mass is 35.5. The van der Waals surface area contributed by atoms with E-state index in [0.717, 1.165) is 55.8 Å². The molecule has 2 aliphatic rings. The Kier molecular flexibility index (Phi) is 9.07. The maximum atomic E-state index is 7.01. The summed E-state index contributed by atoms with van der Waals surface area (Å²) in [6.45, 7) is 0. The SMILES string of the molecule is Clc1ccc(-c2ccc3c(c2)C2(c4ccccc4Oc4ccc(N(c5ccc6ccccc6c5)c5cc(-c6ccc(-c7ccccc7)cc6)c6sc7ccccc7c6c5)cc42)c2ccccc2-3)cc1. The number of halogens is 1. The molecule has 2 nitrogen and oxygen atoms in total. The van der Waals surface area contributed by atoms with Crippen LogP contribution in [0.5, 0.6) is 11.5 Å². The lowest BCUT2D eigenvalue weighted by molar-refractivity contribution is 0.436. The van der Waals surface area contributed by atoms with Crippen LogP contribution in [0.2, 0.25) is 5.02 Å². The van der Waals surface area contributed by atoms with Gasteiger partial charge in [0.1, 0.15) is 11.5 Å². The van der Waals surface area contributed by atoms with E-state index in [2.05, 4.69) is 235 Å². The monoisotopic (exact) mass is 917 g/mol. The third-order valence-corrected chi connectivity index (χ3v) is 15.8. The van der Waals surface area contributed by atoms with Crippen molar-refractivity contribution in [1.82, 2.24) is 0 Å². The van der Waals surface area contributed by atoms with Gasteiger partial charge in [0.15, 0.2) is 0 Å². The van der Waals surface area contributed by atoms with Crippen LogP contribution in [0, 0.1) is 0 Å². The minimum absolute atomic E-state index is 0.692. The van der Waals surface area contributed by atoms with E-state index < -0.39 is 5.41 Å². The number of thiophene rings is 1. The van der Waals surface area contributed by atoms with Gasteiger partial charge in [0.05, 0.1) is 5.41 Å². The second-order valence-electron chi connectivity index (χ2n) is 18.1. The van der Waals surface area contributed by atoms with Crippen molar-refractivity contribution in [3.05, 3.63) is 270 Å². The fourth-order valence-corrected chi connectivity index (χ4v) is 12.6. The third-order valence-electron chi connectivity index (χ3n) is 14.4. The normalized spacial score (nSPS) is 14.3. The van der Waals surface area contributed by atoms with Crippen LogP contribution >= 0.6 is 22.9 Å². The van der Waals surface area contributed by atoms with Gasteiger partial charge in [0.2, 0.25) is 0 Å². The number of para-hydroxylation sites is 1. The largest absolute Gasteiger partial charge is 0.457 e. The van der Waals surface area contributed by atoms with Crippen molar-refractivity contribution < 1.29 is 4.74 Å². The van der Waals surface area contributed by atoms with Crippen LogP contribution in [0.1, 0.15) is 22.3 Å². The molecule has 0 amide bonds. The molecule has 11 aromatic carbocycles. The summed E-state index contributed by atoms with van der Waals surface area (Å²) < 4.78 is 9.55. The Hall–Kier alpha value is -8.21. The first-order chi connectivity index (χ1) is 34.1. The van der Waals surface area contributed by atoms with Crippen molar-refractivity contribution in [2.24, 2.45) is 0 Å². The van der Waals surface area contributed by atoms with Gasteiger partial charge in [-0.3, -0.25) is 0 Å². The quantitative estimate of drug-likeness (QED) is 0.165. The van der Waals surface area contributed by atoms with Crippen molar-refractivity contribution in [2.45, 2.75) is 5.41 Å². The summed E-state index contributed by atoms with van der Waals surface area (Å²) in [6, 6.07) is 88.4. The Morgan fingerprint density at radius 2 is 0.986 bits per heavy atom. The third kappa shape index (κ3) is 6.25. The summed E-state index contributed by atoms with van der Waals surface area (Å²) in [6.07, 6.45) is 0. The number of rotatable bonds is 6. The van der Waals surface area contributed by atoms with Gasteiger partial charge in [-0.1, -0.05) is 181 Å². The van der Waals surface area contributed by atoms with Crippen molar-refractivity contribution in [3.8, 4) is 56.0 Å². The molecule has 1 aliphatic carbocycles. The second-order valence-corrected chi connectivity index (χ2v) is 19.6. The molecule has 0 bridgehead atoms. The number of anilines is 3. The number of benzene rings is 11. The van der Waals surface area contributed by atoms with Gasteiger partial charge < -0.3 is 9.64 Å². The first kappa shape index (κ1) is 39.9. The molecule has 1 aliphatic heterocycles.